The van der Waals surface area contributed by atoms with Crippen LogP contribution in [0, 0.1) is 6.92 Å². The zero-order chi connectivity index (χ0) is 17.3. The first-order valence-corrected chi connectivity index (χ1v) is 8.48. The minimum Gasteiger partial charge on any atom is -0.314 e. The molecule has 1 fully saturated rings. The lowest BCUT2D eigenvalue weighted by molar-refractivity contribution is -0.123. The molecule has 4 nitrogen and oxygen atoms in total. The van der Waals surface area contributed by atoms with Gasteiger partial charge in [-0.25, -0.2) is 0 Å². The molecule has 2 aromatic rings. The van der Waals surface area contributed by atoms with Gasteiger partial charge < -0.3 is 4.57 Å². The Morgan fingerprint density at radius 1 is 1.12 bits per heavy atom. The first-order chi connectivity index (χ1) is 11.5. The van der Waals surface area contributed by atoms with Gasteiger partial charge in [-0.05, 0) is 56.0 Å². The van der Waals surface area contributed by atoms with E-state index < -0.39 is 0 Å². The Kier molecular flexibility index (Phi) is 4.44. The van der Waals surface area contributed by atoms with Crippen LogP contribution in [-0.2, 0) is 4.79 Å². The Bertz CT molecular complexity index is 836. The number of carbonyl (C=O) groups is 2. The highest BCUT2D eigenvalue weighted by atomic mass is 32.2. The van der Waals surface area contributed by atoms with Crippen LogP contribution >= 0.6 is 11.8 Å². The molecule has 0 spiro atoms. The van der Waals surface area contributed by atoms with Crippen molar-refractivity contribution in [2.75, 3.05) is 0 Å². The third kappa shape index (κ3) is 2.83. The van der Waals surface area contributed by atoms with E-state index in [4.69, 9.17) is 0 Å². The lowest BCUT2D eigenvalue weighted by atomic mass is 10.2. The van der Waals surface area contributed by atoms with Gasteiger partial charge in [-0.1, -0.05) is 24.3 Å². The van der Waals surface area contributed by atoms with E-state index in [2.05, 4.69) is 11.1 Å². The predicted molar refractivity (Wildman–Crippen MR) is 98.0 cm³/mol. The van der Waals surface area contributed by atoms with Crippen molar-refractivity contribution in [3.8, 4) is 5.69 Å². The Balaban J connectivity index is 2.01. The first-order valence-electron chi connectivity index (χ1n) is 7.66. The number of thioether (sulfide) groups is 1. The van der Waals surface area contributed by atoms with Crippen LogP contribution in [0.25, 0.3) is 11.8 Å². The maximum Gasteiger partial charge on any atom is 0.294 e. The number of carbonyl (C=O) groups excluding carboxylic acids is 2. The molecule has 3 rings (SSSR count). The normalized spacial score (nSPS) is 17.6. The minimum absolute atomic E-state index is 0.256. The number of hydrogen-bond acceptors (Lipinski definition) is 3. The smallest absolute Gasteiger partial charge is 0.294 e. The van der Waals surface area contributed by atoms with Gasteiger partial charge in [0.2, 0.25) is 0 Å². The number of aryl methyl sites for hydroxylation is 1. The maximum absolute atomic E-state index is 12.5. The monoisotopic (exact) mass is 338 g/mol. The van der Waals surface area contributed by atoms with Crippen LogP contribution in [-0.4, -0.2) is 26.7 Å². The van der Waals surface area contributed by atoms with E-state index in [0.29, 0.717) is 4.91 Å². The van der Waals surface area contributed by atoms with Gasteiger partial charge in [0.25, 0.3) is 11.1 Å². The molecule has 122 valence electrons. The van der Waals surface area contributed by atoms with E-state index in [-0.39, 0.29) is 17.2 Å². The fourth-order valence-corrected chi connectivity index (χ4v) is 3.57. The molecule has 1 aromatic heterocycles. The molecule has 2 amide bonds. The molecule has 5 heteroatoms. The zero-order valence-electron chi connectivity index (χ0n) is 13.6. The second kappa shape index (κ2) is 6.53. The van der Waals surface area contributed by atoms with E-state index in [9.17, 15) is 9.59 Å². The summed E-state index contributed by atoms with van der Waals surface area (Å²) >= 11 is 0.971. The van der Waals surface area contributed by atoms with Crippen LogP contribution in [0.2, 0.25) is 0 Å². The van der Waals surface area contributed by atoms with Crippen molar-refractivity contribution < 1.29 is 9.59 Å². The van der Waals surface area contributed by atoms with Gasteiger partial charge in [-0.15, -0.1) is 6.58 Å². The molecule has 0 bridgehead atoms. The number of amides is 2. The summed E-state index contributed by atoms with van der Waals surface area (Å²) in [7, 11) is 0. The van der Waals surface area contributed by atoms with Crippen molar-refractivity contribution in [2.24, 2.45) is 0 Å². The van der Waals surface area contributed by atoms with Crippen LogP contribution in [0.1, 0.15) is 18.3 Å². The number of rotatable bonds is 4. The highest BCUT2D eigenvalue weighted by Crippen LogP contribution is 2.34. The first kappa shape index (κ1) is 16.3. The molecule has 1 saturated heterocycles. The molecule has 0 aliphatic carbocycles. The van der Waals surface area contributed by atoms with Crippen molar-refractivity contribution in [3.05, 3.63) is 71.4 Å². The third-order valence-corrected chi connectivity index (χ3v) is 4.86. The standard InChI is InChI=1S/C19H18N2O2S/c1-4-13(2)21-18(22)17(24-19(21)23)12-16-11-10-14(3)20(16)15-8-6-5-7-9-15/h4-13H,1H2,2-3H3/b17-12-. The topological polar surface area (TPSA) is 42.3 Å². The highest BCUT2D eigenvalue weighted by Gasteiger charge is 2.37. The molecule has 1 atom stereocenters. The quantitative estimate of drug-likeness (QED) is 0.613. The SMILES string of the molecule is C=CC(C)N1C(=O)S/C(=C\c2ccc(C)n2-c2ccccc2)C1=O. The van der Waals surface area contributed by atoms with Crippen molar-refractivity contribution in [2.45, 2.75) is 19.9 Å². The molecular formula is C19H18N2O2S. The average molecular weight is 338 g/mol. The third-order valence-electron chi connectivity index (χ3n) is 3.97. The Morgan fingerprint density at radius 3 is 2.50 bits per heavy atom. The molecule has 1 aromatic carbocycles. The molecular weight excluding hydrogens is 320 g/mol. The fourth-order valence-electron chi connectivity index (χ4n) is 2.67. The second-order valence-corrected chi connectivity index (χ2v) is 6.59. The van der Waals surface area contributed by atoms with Gasteiger partial charge in [0.05, 0.1) is 10.9 Å². The van der Waals surface area contributed by atoms with Crippen LogP contribution in [0.4, 0.5) is 4.79 Å². The van der Waals surface area contributed by atoms with Gasteiger partial charge in [0.15, 0.2) is 0 Å². The zero-order valence-corrected chi connectivity index (χ0v) is 14.4. The number of hydrogen-bond donors (Lipinski definition) is 0. The van der Waals surface area contributed by atoms with E-state index in [0.717, 1.165) is 28.8 Å². The van der Waals surface area contributed by atoms with Gasteiger partial charge >= 0.3 is 0 Å². The van der Waals surface area contributed by atoms with Crippen molar-refractivity contribution in [1.82, 2.24) is 9.47 Å². The summed E-state index contributed by atoms with van der Waals surface area (Å²) in [6.45, 7) is 7.45. The summed E-state index contributed by atoms with van der Waals surface area (Å²) in [5.74, 6) is -0.268. The second-order valence-electron chi connectivity index (χ2n) is 5.60. The number of para-hydroxylation sites is 1. The lowest BCUT2D eigenvalue weighted by Gasteiger charge is -2.17. The van der Waals surface area contributed by atoms with Crippen molar-refractivity contribution in [1.29, 1.82) is 0 Å². The number of benzene rings is 1. The predicted octanol–water partition coefficient (Wildman–Crippen LogP) is 4.40. The molecule has 1 aliphatic rings. The highest BCUT2D eigenvalue weighted by molar-refractivity contribution is 8.18. The van der Waals surface area contributed by atoms with E-state index >= 15 is 0 Å². The van der Waals surface area contributed by atoms with Gasteiger partial charge in [-0.3, -0.25) is 14.5 Å². The summed E-state index contributed by atoms with van der Waals surface area (Å²) in [6.07, 6.45) is 3.37. The number of imide groups is 1. The summed E-state index contributed by atoms with van der Waals surface area (Å²) in [5.41, 5.74) is 2.95. The molecule has 2 heterocycles. The van der Waals surface area contributed by atoms with Crippen molar-refractivity contribution >= 4 is 29.0 Å². The Labute approximate surface area is 145 Å². The van der Waals surface area contributed by atoms with Gasteiger partial charge in [0, 0.05) is 17.1 Å². The van der Waals surface area contributed by atoms with Gasteiger partial charge in [-0.2, -0.15) is 0 Å². The maximum atomic E-state index is 12.5. The lowest BCUT2D eigenvalue weighted by Crippen LogP contribution is -2.35. The molecule has 0 saturated carbocycles. The molecule has 0 N–H and O–H groups in total. The average Bonchev–Trinajstić information content (AvgIpc) is 3.08. The number of aromatic nitrogens is 1. The Hall–Kier alpha value is -2.53. The minimum atomic E-state index is -0.314. The van der Waals surface area contributed by atoms with E-state index in [1.54, 1.807) is 19.1 Å². The summed E-state index contributed by atoms with van der Waals surface area (Å²) in [6, 6.07) is 13.6. The largest absolute Gasteiger partial charge is 0.314 e. The van der Waals surface area contributed by atoms with Crippen molar-refractivity contribution in [3.63, 3.8) is 0 Å². The Morgan fingerprint density at radius 2 is 1.83 bits per heavy atom. The molecule has 1 aliphatic heterocycles. The number of nitrogens with zero attached hydrogens (tertiary/aromatic N) is 2. The van der Waals surface area contributed by atoms with Crippen LogP contribution in [0.5, 0.6) is 0 Å². The summed E-state index contributed by atoms with van der Waals surface area (Å²) in [5, 5.41) is -0.256. The summed E-state index contributed by atoms with van der Waals surface area (Å²) < 4.78 is 2.06. The van der Waals surface area contributed by atoms with Crippen LogP contribution < -0.4 is 0 Å². The summed E-state index contributed by atoms with van der Waals surface area (Å²) in [4.78, 5) is 26.3. The fraction of sp³-hybridized carbons (Fsp3) is 0.158. The molecule has 0 radical (unpaired) electrons. The van der Waals surface area contributed by atoms with E-state index in [1.165, 1.54) is 4.90 Å². The van der Waals surface area contributed by atoms with Crippen LogP contribution in [0.3, 0.4) is 0 Å². The van der Waals surface area contributed by atoms with E-state index in [1.807, 2.05) is 49.4 Å². The molecule has 24 heavy (non-hydrogen) atoms. The van der Waals surface area contributed by atoms with Gasteiger partial charge in [0.1, 0.15) is 0 Å². The molecule has 1 unspecified atom stereocenters. The van der Waals surface area contributed by atoms with Crippen LogP contribution in [0.15, 0.2) is 60.0 Å².